The first-order valence-corrected chi connectivity index (χ1v) is 4.93. The summed E-state index contributed by atoms with van der Waals surface area (Å²) in [6, 6.07) is 9.49. The highest BCUT2D eigenvalue weighted by Crippen LogP contribution is 2.22. The van der Waals surface area contributed by atoms with Crippen molar-refractivity contribution in [3.05, 3.63) is 41.0 Å². The fraction of sp³-hybridized carbons (Fsp3) is 0.231. The summed E-state index contributed by atoms with van der Waals surface area (Å²) in [5.41, 5.74) is 2.93. The predicted molar refractivity (Wildman–Crippen MR) is 61.6 cm³/mol. The molecular weight excluding hydrogens is 202 g/mol. The number of aryl methyl sites for hydroxylation is 1. The molecule has 0 aliphatic rings. The van der Waals surface area contributed by atoms with Crippen molar-refractivity contribution in [2.24, 2.45) is 0 Å². The van der Waals surface area contributed by atoms with Crippen molar-refractivity contribution in [1.82, 2.24) is 0 Å². The van der Waals surface area contributed by atoms with Crippen LogP contribution in [0.5, 0.6) is 0 Å². The van der Waals surface area contributed by atoms with Crippen molar-refractivity contribution in [2.75, 3.05) is 0 Å². The fourth-order valence-electron chi connectivity index (χ4n) is 1.42. The maximum atomic E-state index is 10.7. The van der Waals surface area contributed by atoms with Crippen molar-refractivity contribution in [3.63, 3.8) is 0 Å². The lowest BCUT2D eigenvalue weighted by molar-refractivity contribution is -0.135. The molecule has 0 saturated heterocycles. The van der Waals surface area contributed by atoms with E-state index in [0.29, 0.717) is 11.1 Å². The van der Waals surface area contributed by atoms with Crippen molar-refractivity contribution in [2.45, 2.75) is 20.3 Å². The molecule has 0 atom stereocenters. The lowest BCUT2D eigenvalue weighted by Crippen LogP contribution is -1.99. The summed E-state index contributed by atoms with van der Waals surface area (Å²) in [6.07, 6.45) is -0.123. The van der Waals surface area contributed by atoms with E-state index in [1.165, 1.54) is 0 Å². The van der Waals surface area contributed by atoms with Crippen LogP contribution in [-0.4, -0.2) is 11.1 Å². The van der Waals surface area contributed by atoms with Gasteiger partial charge in [0.15, 0.2) is 0 Å². The molecule has 1 aromatic carbocycles. The topological polar surface area (TPSA) is 61.1 Å². The van der Waals surface area contributed by atoms with Gasteiger partial charge in [0.25, 0.3) is 0 Å². The number of carbonyl (C=O) groups is 1. The summed E-state index contributed by atoms with van der Waals surface area (Å²) in [4.78, 5) is 10.7. The molecule has 3 heteroatoms. The molecule has 0 saturated carbocycles. The number of carboxylic acid groups (broad SMARTS) is 1. The lowest BCUT2D eigenvalue weighted by Gasteiger charge is -2.06. The maximum absolute atomic E-state index is 10.7. The highest BCUT2D eigenvalue weighted by Gasteiger charge is 2.10. The van der Waals surface area contributed by atoms with Gasteiger partial charge in [-0.25, -0.2) is 0 Å². The zero-order valence-electron chi connectivity index (χ0n) is 9.32. The Kier molecular flexibility index (Phi) is 3.84. The van der Waals surface area contributed by atoms with Crippen LogP contribution < -0.4 is 0 Å². The maximum Gasteiger partial charge on any atom is 0.307 e. The summed E-state index contributed by atoms with van der Waals surface area (Å²) in [5.74, 6) is -0.926. The number of benzene rings is 1. The van der Waals surface area contributed by atoms with Crippen LogP contribution >= 0.6 is 0 Å². The van der Waals surface area contributed by atoms with Gasteiger partial charge in [-0.1, -0.05) is 29.8 Å². The first-order chi connectivity index (χ1) is 7.54. The van der Waals surface area contributed by atoms with Crippen LogP contribution in [0.4, 0.5) is 0 Å². The second-order valence-electron chi connectivity index (χ2n) is 3.65. The van der Waals surface area contributed by atoms with Crippen LogP contribution in [0.2, 0.25) is 0 Å². The monoisotopic (exact) mass is 215 g/mol. The third kappa shape index (κ3) is 2.96. The SMILES string of the molecule is CC(C#N)=C(CC(=O)O)c1ccc(C)cc1. The summed E-state index contributed by atoms with van der Waals surface area (Å²) in [6.45, 7) is 3.60. The molecule has 82 valence electrons. The van der Waals surface area contributed by atoms with Crippen LogP contribution in [0.15, 0.2) is 29.8 Å². The van der Waals surface area contributed by atoms with Crippen LogP contribution in [-0.2, 0) is 4.79 Å². The Labute approximate surface area is 94.6 Å². The zero-order chi connectivity index (χ0) is 12.1. The lowest BCUT2D eigenvalue weighted by atomic mass is 9.97. The summed E-state index contributed by atoms with van der Waals surface area (Å²) < 4.78 is 0. The van der Waals surface area contributed by atoms with E-state index in [4.69, 9.17) is 10.4 Å². The Morgan fingerprint density at radius 3 is 2.38 bits per heavy atom. The second-order valence-corrected chi connectivity index (χ2v) is 3.65. The van der Waals surface area contributed by atoms with Crippen LogP contribution in [0.25, 0.3) is 5.57 Å². The quantitative estimate of drug-likeness (QED) is 0.788. The van der Waals surface area contributed by atoms with E-state index in [1.807, 2.05) is 37.3 Å². The van der Waals surface area contributed by atoms with Gasteiger partial charge in [-0.3, -0.25) is 4.79 Å². The van der Waals surface area contributed by atoms with E-state index in [2.05, 4.69) is 0 Å². The van der Waals surface area contributed by atoms with E-state index in [9.17, 15) is 4.79 Å². The molecule has 3 nitrogen and oxygen atoms in total. The van der Waals surface area contributed by atoms with E-state index in [1.54, 1.807) is 6.92 Å². The number of allylic oxidation sites excluding steroid dienone is 1. The molecular formula is C13H13NO2. The predicted octanol–water partition coefficient (Wildman–Crippen LogP) is 2.77. The molecule has 0 heterocycles. The molecule has 0 unspecified atom stereocenters. The Bertz CT molecular complexity index is 464. The third-order valence-corrected chi connectivity index (χ3v) is 2.35. The van der Waals surface area contributed by atoms with Gasteiger partial charge in [-0.2, -0.15) is 5.26 Å². The molecule has 0 amide bonds. The number of carboxylic acids is 1. The molecule has 0 radical (unpaired) electrons. The number of rotatable bonds is 3. The largest absolute Gasteiger partial charge is 0.481 e. The minimum absolute atomic E-state index is 0.123. The molecule has 1 aromatic rings. The minimum Gasteiger partial charge on any atom is -0.481 e. The summed E-state index contributed by atoms with van der Waals surface area (Å²) >= 11 is 0. The first-order valence-electron chi connectivity index (χ1n) is 4.93. The van der Waals surface area contributed by atoms with Gasteiger partial charge in [0.1, 0.15) is 0 Å². The van der Waals surface area contributed by atoms with Gasteiger partial charge < -0.3 is 5.11 Å². The molecule has 1 rings (SSSR count). The standard InChI is InChI=1S/C13H13NO2/c1-9-3-5-11(6-4-9)12(7-13(15)16)10(2)8-14/h3-6H,7H2,1-2H3,(H,15,16). The van der Waals surface area contributed by atoms with Gasteiger partial charge in [-0.15, -0.1) is 0 Å². The van der Waals surface area contributed by atoms with E-state index < -0.39 is 5.97 Å². The van der Waals surface area contributed by atoms with Crippen LogP contribution in [0, 0.1) is 18.3 Å². The van der Waals surface area contributed by atoms with Crippen molar-refractivity contribution < 1.29 is 9.90 Å². The highest BCUT2D eigenvalue weighted by molar-refractivity contribution is 5.86. The molecule has 1 N–H and O–H groups in total. The Hall–Kier alpha value is -2.08. The van der Waals surface area contributed by atoms with Gasteiger partial charge in [0, 0.05) is 5.57 Å². The van der Waals surface area contributed by atoms with E-state index in [-0.39, 0.29) is 6.42 Å². The molecule has 0 aromatic heterocycles. The molecule has 0 spiro atoms. The van der Waals surface area contributed by atoms with Gasteiger partial charge in [0.05, 0.1) is 12.5 Å². The van der Waals surface area contributed by atoms with Crippen LogP contribution in [0.3, 0.4) is 0 Å². The number of aliphatic carboxylic acids is 1. The second kappa shape index (κ2) is 5.13. The van der Waals surface area contributed by atoms with Gasteiger partial charge >= 0.3 is 5.97 Å². The van der Waals surface area contributed by atoms with Crippen molar-refractivity contribution in [1.29, 1.82) is 5.26 Å². The number of nitrogens with zero attached hydrogens (tertiary/aromatic N) is 1. The third-order valence-electron chi connectivity index (χ3n) is 2.35. The molecule has 0 aliphatic heterocycles. The van der Waals surface area contributed by atoms with E-state index >= 15 is 0 Å². The molecule has 16 heavy (non-hydrogen) atoms. The Morgan fingerprint density at radius 1 is 1.38 bits per heavy atom. The summed E-state index contributed by atoms with van der Waals surface area (Å²) in [7, 11) is 0. The van der Waals surface area contributed by atoms with Crippen LogP contribution in [0.1, 0.15) is 24.5 Å². The van der Waals surface area contributed by atoms with Gasteiger partial charge in [0.2, 0.25) is 0 Å². The van der Waals surface area contributed by atoms with Crippen molar-refractivity contribution in [3.8, 4) is 6.07 Å². The Morgan fingerprint density at radius 2 is 1.94 bits per heavy atom. The number of hydrogen-bond acceptors (Lipinski definition) is 2. The van der Waals surface area contributed by atoms with E-state index in [0.717, 1.165) is 11.1 Å². The number of nitriles is 1. The number of hydrogen-bond donors (Lipinski definition) is 1. The average Bonchev–Trinajstić information content (AvgIpc) is 2.26. The fourth-order valence-corrected chi connectivity index (χ4v) is 1.42. The smallest absolute Gasteiger partial charge is 0.307 e. The highest BCUT2D eigenvalue weighted by atomic mass is 16.4. The van der Waals surface area contributed by atoms with Gasteiger partial charge in [-0.05, 0) is 25.0 Å². The van der Waals surface area contributed by atoms with Crippen molar-refractivity contribution >= 4 is 11.5 Å². The first kappa shape index (κ1) is 12.0. The Balaban J connectivity index is 3.18. The molecule has 0 aliphatic carbocycles. The molecule has 0 bridgehead atoms. The molecule has 0 fully saturated rings. The average molecular weight is 215 g/mol. The normalized spacial score (nSPS) is 11.6. The minimum atomic E-state index is -0.926. The summed E-state index contributed by atoms with van der Waals surface area (Å²) in [5, 5.41) is 17.6. The zero-order valence-corrected chi connectivity index (χ0v) is 9.32.